The van der Waals surface area contributed by atoms with Crippen molar-refractivity contribution in [3.05, 3.63) is 84.5 Å². The third-order valence-corrected chi connectivity index (χ3v) is 17.2. The fourth-order valence-corrected chi connectivity index (χ4v) is 12.1. The van der Waals surface area contributed by atoms with Crippen molar-refractivity contribution >= 4 is 40.4 Å². The summed E-state index contributed by atoms with van der Waals surface area (Å²) in [5.41, 5.74) is 1.52. The maximum absolute atomic E-state index is 2.51. The molecule has 27 heavy (non-hydrogen) atoms. The molecule has 5 rings (SSSR count). The van der Waals surface area contributed by atoms with Crippen LogP contribution in [0, 0.1) is 0 Å². The Hall–Kier alpha value is -1.69. The van der Waals surface area contributed by atoms with Crippen LogP contribution in [0.5, 0.6) is 0 Å². The Morgan fingerprint density at radius 3 is 2.00 bits per heavy atom. The summed E-state index contributed by atoms with van der Waals surface area (Å²) in [6.07, 6.45) is 9.49. The Labute approximate surface area is 170 Å². The number of allylic oxidation sites excluding steroid dienone is 4. The van der Waals surface area contributed by atoms with Crippen LogP contribution in [0.2, 0.25) is 24.1 Å². The van der Waals surface area contributed by atoms with Crippen molar-refractivity contribution in [3.8, 4) is 0 Å². The van der Waals surface area contributed by atoms with E-state index in [1.54, 1.807) is 0 Å². The number of rotatable bonds is 4. The predicted octanol–water partition coefficient (Wildman–Crippen LogP) is 7.28. The average Bonchev–Trinajstić information content (AvgIpc) is 3.14. The van der Waals surface area contributed by atoms with E-state index in [0.29, 0.717) is 0 Å². The van der Waals surface area contributed by atoms with Crippen LogP contribution in [-0.4, -0.2) is 8.07 Å². The second-order valence-corrected chi connectivity index (χ2v) is 19.1. The molecule has 0 fully saturated rings. The van der Waals surface area contributed by atoms with Crippen molar-refractivity contribution in [1.29, 1.82) is 0 Å². The van der Waals surface area contributed by atoms with E-state index in [9.17, 15) is 0 Å². The van der Waals surface area contributed by atoms with Gasteiger partial charge in [-0.25, -0.2) is 0 Å². The van der Waals surface area contributed by atoms with Gasteiger partial charge in [0.05, 0.1) is 0 Å². The molecule has 0 radical (unpaired) electrons. The van der Waals surface area contributed by atoms with Crippen LogP contribution in [0.4, 0.5) is 0 Å². The van der Waals surface area contributed by atoms with E-state index in [2.05, 4.69) is 98.5 Å². The zero-order valence-corrected chi connectivity index (χ0v) is 19.3. The molecular formula is C25H24PtSi. The topological polar surface area (TPSA) is 0 Å². The Balaban J connectivity index is 1.80. The number of hydrogen-bond donors (Lipinski definition) is 0. The van der Waals surface area contributed by atoms with Crippen LogP contribution in [0.3, 0.4) is 0 Å². The van der Waals surface area contributed by atoms with Gasteiger partial charge in [0.2, 0.25) is 0 Å². The summed E-state index contributed by atoms with van der Waals surface area (Å²) in [6.45, 7) is 7.52. The fourth-order valence-electron chi connectivity index (χ4n) is 4.07. The zero-order valence-electron chi connectivity index (χ0n) is 16.0. The molecule has 0 spiro atoms. The summed E-state index contributed by atoms with van der Waals surface area (Å²) >= 11 is 0.00548. The molecule has 1 aliphatic carbocycles. The summed E-state index contributed by atoms with van der Waals surface area (Å²) in [5.74, 6) is 0. The van der Waals surface area contributed by atoms with E-state index in [-0.39, 0.29) is 22.4 Å². The van der Waals surface area contributed by atoms with Gasteiger partial charge in [-0.15, -0.1) is 0 Å². The van der Waals surface area contributed by atoms with Crippen molar-refractivity contribution in [1.82, 2.24) is 0 Å². The predicted molar refractivity (Wildman–Crippen MR) is 118 cm³/mol. The van der Waals surface area contributed by atoms with Crippen LogP contribution >= 0.6 is 0 Å². The first kappa shape index (κ1) is 17.4. The van der Waals surface area contributed by atoms with Crippen LogP contribution in [0.15, 0.2) is 78.9 Å². The molecule has 0 nitrogen and oxygen atoms in total. The SMILES string of the molecule is C[Si](C)(C)[CH2][Pt][C]1(c2ccc3ccc4cccc5ccc2c3c45)C=CC=C1. The summed E-state index contributed by atoms with van der Waals surface area (Å²) < 4.78 is 1.60. The molecular weight excluding hydrogens is 523 g/mol. The summed E-state index contributed by atoms with van der Waals surface area (Å²) in [6, 6.07) is 20.7. The summed E-state index contributed by atoms with van der Waals surface area (Å²) in [7, 11) is -1.05. The van der Waals surface area contributed by atoms with Crippen LogP contribution in [-0.2, 0) is 22.4 Å². The fraction of sp³-hybridized carbons (Fsp3) is 0.200. The third kappa shape index (κ3) is 2.84. The number of hydrogen-bond acceptors (Lipinski definition) is 0. The summed E-state index contributed by atoms with van der Waals surface area (Å²) in [4.78, 5) is 0. The molecule has 0 unspecified atom stereocenters. The van der Waals surface area contributed by atoms with Gasteiger partial charge in [-0.1, -0.05) is 0 Å². The van der Waals surface area contributed by atoms with Gasteiger partial charge in [0.25, 0.3) is 0 Å². The van der Waals surface area contributed by atoms with Gasteiger partial charge in [0, 0.05) is 0 Å². The third-order valence-electron chi connectivity index (χ3n) is 5.27. The van der Waals surface area contributed by atoms with E-state index in [4.69, 9.17) is 0 Å². The molecule has 0 aromatic heterocycles. The van der Waals surface area contributed by atoms with E-state index >= 15 is 0 Å². The molecule has 2 heteroatoms. The van der Waals surface area contributed by atoms with Crippen molar-refractivity contribution in [3.63, 3.8) is 0 Å². The molecule has 0 heterocycles. The maximum atomic E-state index is 2.51. The van der Waals surface area contributed by atoms with Crippen molar-refractivity contribution in [2.75, 3.05) is 0 Å². The van der Waals surface area contributed by atoms with Gasteiger partial charge in [-0.05, 0) is 0 Å². The van der Waals surface area contributed by atoms with E-state index < -0.39 is 8.07 Å². The molecule has 0 amide bonds. The van der Waals surface area contributed by atoms with Crippen LogP contribution in [0.25, 0.3) is 32.3 Å². The molecule has 0 aliphatic heterocycles. The molecule has 4 aromatic rings. The molecule has 138 valence electrons. The number of benzene rings is 4. The van der Waals surface area contributed by atoms with Gasteiger partial charge < -0.3 is 0 Å². The standard InChI is InChI=1S/C21H13.C4H11Si.Pt/c1-2-5-14(4-1)18-12-10-17-9-8-15-6-3-7-16-11-13-19(18)21(17)20(15)16;1-5(2,3)4;/h1-13H;1H2,2-4H3;. The first-order valence-corrected chi connectivity index (χ1v) is 16.0. The monoisotopic (exact) mass is 547 g/mol. The van der Waals surface area contributed by atoms with Gasteiger partial charge in [-0.3, -0.25) is 0 Å². The zero-order chi connectivity index (χ0) is 18.6. The normalized spacial score (nSPS) is 16.4. The average molecular weight is 548 g/mol. The molecule has 0 N–H and O–H groups in total. The quantitative estimate of drug-likeness (QED) is 0.186. The van der Waals surface area contributed by atoms with Gasteiger partial charge in [0.15, 0.2) is 0 Å². The molecule has 0 saturated heterocycles. The molecule has 0 bridgehead atoms. The van der Waals surface area contributed by atoms with E-state index in [1.807, 2.05) is 0 Å². The van der Waals surface area contributed by atoms with E-state index in [0.717, 1.165) is 0 Å². The molecule has 0 saturated carbocycles. The second-order valence-electron chi connectivity index (χ2n) is 8.69. The Morgan fingerprint density at radius 1 is 0.741 bits per heavy atom. The first-order valence-electron chi connectivity index (χ1n) is 9.54. The Kier molecular flexibility index (Phi) is 3.97. The van der Waals surface area contributed by atoms with Crippen molar-refractivity contribution < 1.29 is 18.6 Å². The molecule has 1 aliphatic rings. The van der Waals surface area contributed by atoms with Crippen LogP contribution in [0.1, 0.15) is 5.56 Å². The van der Waals surface area contributed by atoms with Gasteiger partial charge >= 0.3 is 171 Å². The van der Waals surface area contributed by atoms with E-state index in [1.165, 1.54) is 42.3 Å². The van der Waals surface area contributed by atoms with Crippen molar-refractivity contribution in [2.24, 2.45) is 0 Å². The minimum absolute atomic E-state index is 0.00548. The molecule has 4 aromatic carbocycles. The second kappa shape index (κ2) is 6.16. The minimum atomic E-state index is -1.05. The Bertz CT molecular complexity index is 1180. The summed E-state index contributed by atoms with van der Waals surface area (Å²) in [5, 5.41) is 8.40. The van der Waals surface area contributed by atoms with Crippen LogP contribution < -0.4 is 0 Å². The van der Waals surface area contributed by atoms with Gasteiger partial charge in [0.1, 0.15) is 0 Å². The first-order chi connectivity index (χ1) is 13.0. The molecule has 0 atom stereocenters. The Morgan fingerprint density at radius 2 is 1.33 bits per heavy atom. The van der Waals surface area contributed by atoms with Gasteiger partial charge in [-0.2, -0.15) is 0 Å². The van der Waals surface area contributed by atoms with Crippen molar-refractivity contribution in [2.45, 2.75) is 27.9 Å².